The van der Waals surface area contributed by atoms with E-state index in [2.05, 4.69) is 37.3 Å². The molecule has 0 spiro atoms. The van der Waals surface area contributed by atoms with Crippen molar-refractivity contribution in [3.05, 3.63) is 6.33 Å². The molecular weight excluding hydrogens is 268 g/mol. The molecule has 21 heavy (non-hydrogen) atoms. The molecule has 4 rings (SSSR count). The molecule has 0 aliphatic carbocycles. The highest BCUT2D eigenvalue weighted by Gasteiger charge is 2.35. The zero-order valence-corrected chi connectivity index (χ0v) is 12.2. The molecule has 2 fully saturated rings. The number of aromatic nitrogens is 2. The SMILES string of the molecule is CCN1CC(=O)Nc2ncnc(N3CC4CCC(C3)N4)c21. The summed E-state index contributed by atoms with van der Waals surface area (Å²) in [7, 11) is 0. The fourth-order valence-corrected chi connectivity index (χ4v) is 3.65. The van der Waals surface area contributed by atoms with Crippen molar-refractivity contribution in [3.8, 4) is 0 Å². The van der Waals surface area contributed by atoms with Gasteiger partial charge in [-0.05, 0) is 19.8 Å². The Morgan fingerprint density at radius 1 is 1.29 bits per heavy atom. The molecule has 2 atom stereocenters. The number of rotatable bonds is 2. The standard InChI is InChI=1S/C14H20N6O/c1-2-19-7-11(21)18-13-12(19)14(16-8-15-13)20-5-9-3-4-10(6-20)17-9/h8-10,17H,2-7H2,1H3,(H,15,16,18,21). The van der Waals surface area contributed by atoms with Gasteiger partial charge in [-0.3, -0.25) is 4.79 Å². The number of hydrogen-bond acceptors (Lipinski definition) is 6. The third-order valence-electron chi connectivity index (χ3n) is 4.61. The predicted octanol–water partition coefficient (Wildman–Crippen LogP) is 0.196. The minimum Gasteiger partial charge on any atom is -0.356 e. The zero-order valence-electron chi connectivity index (χ0n) is 12.2. The normalized spacial score (nSPS) is 27.6. The van der Waals surface area contributed by atoms with Crippen molar-refractivity contribution in [1.29, 1.82) is 0 Å². The average Bonchev–Trinajstić information content (AvgIpc) is 2.83. The van der Waals surface area contributed by atoms with Crippen molar-refractivity contribution in [2.24, 2.45) is 0 Å². The molecule has 1 aromatic rings. The van der Waals surface area contributed by atoms with E-state index in [0.29, 0.717) is 24.4 Å². The van der Waals surface area contributed by atoms with Crippen molar-refractivity contribution >= 4 is 23.2 Å². The molecule has 3 aliphatic heterocycles. The Morgan fingerprint density at radius 2 is 2.05 bits per heavy atom. The van der Waals surface area contributed by atoms with Gasteiger partial charge in [0.05, 0.1) is 6.54 Å². The number of nitrogens with zero attached hydrogens (tertiary/aromatic N) is 4. The quantitative estimate of drug-likeness (QED) is 0.810. The van der Waals surface area contributed by atoms with Crippen LogP contribution in [0.4, 0.5) is 17.3 Å². The molecule has 7 nitrogen and oxygen atoms in total. The van der Waals surface area contributed by atoms with Crippen molar-refractivity contribution in [2.75, 3.05) is 41.3 Å². The van der Waals surface area contributed by atoms with E-state index in [1.807, 2.05) is 0 Å². The van der Waals surface area contributed by atoms with Crippen LogP contribution in [0.25, 0.3) is 0 Å². The van der Waals surface area contributed by atoms with Crippen LogP contribution < -0.4 is 20.4 Å². The van der Waals surface area contributed by atoms with E-state index in [4.69, 9.17) is 0 Å². The van der Waals surface area contributed by atoms with Gasteiger partial charge in [0.1, 0.15) is 12.0 Å². The second kappa shape index (κ2) is 4.84. The monoisotopic (exact) mass is 288 g/mol. The Hall–Kier alpha value is -1.89. The van der Waals surface area contributed by atoms with Crippen molar-refractivity contribution in [3.63, 3.8) is 0 Å². The van der Waals surface area contributed by atoms with E-state index in [0.717, 1.165) is 31.1 Å². The Balaban J connectivity index is 1.73. The molecular formula is C14H20N6O. The molecule has 2 bridgehead atoms. The maximum Gasteiger partial charge on any atom is 0.245 e. The van der Waals surface area contributed by atoms with Crippen LogP contribution >= 0.6 is 0 Å². The second-order valence-electron chi connectivity index (χ2n) is 6.00. The maximum atomic E-state index is 11.8. The fraction of sp³-hybridized carbons (Fsp3) is 0.643. The lowest BCUT2D eigenvalue weighted by atomic mass is 10.2. The molecule has 7 heteroatoms. The third-order valence-corrected chi connectivity index (χ3v) is 4.61. The zero-order chi connectivity index (χ0) is 14.4. The number of likely N-dealkylation sites (N-methyl/N-ethyl adjacent to an activating group) is 1. The van der Waals surface area contributed by atoms with Crippen LogP contribution in [0.3, 0.4) is 0 Å². The van der Waals surface area contributed by atoms with Crippen molar-refractivity contribution < 1.29 is 4.79 Å². The van der Waals surface area contributed by atoms with Gasteiger partial charge in [-0.15, -0.1) is 0 Å². The molecule has 3 aliphatic rings. The van der Waals surface area contributed by atoms with Crippen LogP contribution in [0.15, 0.2) is 6.33 Å². The highest BCUT2D eigenvalue weighted by molar-refractivity contribution is 6.02. The minimum absolute atomic E-state index is 0.00520. The molecule has 4 heterocycles. The lowest BCUT2D eigenvalue weighted by Crippen LogP contribution is -2.52. The summed E-state index contributed by atoms with van der Waals surface area (Å²) in [5.74, 6) is 1.60. The molecule has 0 saturated carbocycles. The number of amides is 1. The van der Waals surface area contributed by atoms with Gasteiger partial charge in [0.25, 0.3) is 0 Å². The van der Waals surface area contributed by atoms with Gasteiger partial charge in [-0.1, -0.05) is 0 Å². The lowest BCUT2D eigenvalue weighted by Gasteiger charge is -2.38. The predicted molar refractivity (Wildman–Crippen MR) is 80.7 cm³/mol. The van der Waals surface area contributed by atoms with Crippen molar-refractivity contribution in [1.82, 2.24) is 15.3 Å². The summed E-state index contributed by atoms with van der Waals surface area (Å²) in [5, 5.41) is 6.50. The molecule has 2 unspecified atom stereocenters. The first-order valence-corrected chi connectivity index (χ1v) is 7.65. The first kappa shape index (κ1) is 12.8. The number of piperazine rings is 1. The van der Waals surface area contributed by atoms with E-state index in [9.17, 15) is 4.79 Å². The van der Waals surface area contributed by atoms with E-state index in [1.165, 1.54) is 12.8 Å². The van der Waals surface area contributed by atoms with Crippen LogP contribution in [0, 0.1) is 0 Å². The van der Waals surface area contributed by atoms with Gasteiger partial charge >= 0.3 is 0 Å². The molecule has 0 aromatic carbocycles. The summed E-state index contributed by atoms with van der Waals surface area (Å²) >= 11 is 0. The largest absolute Gasteiger partial charge is 0.356 e. The number of carbonyl (C=O) groups excluding carboxylic acids is 1. The van der Waals surface area contributed by atoms with Gasteiger partial charge in [-0.2, -0.15) is 0 Å². The number of anilines is 3. The second-order valence-corrected chi connectivity index (χ2v) is 6.00. The van der Waals surface area contributed by atoms with Crippen LogP contribution in [0.5, 0.6) is 0 Å². The van der Waals surface area contributed by atoms with Gasteiger partial charge in [0.2, 0.25) is 5.91 Å². The van der Waals surface area contributed by atoms with E-state index in [-0.39, 0.29) is 5.91 Å². The van der Waals surface area contributed by atoms with Gasteiger partial charge in [-0.25, -0.2) is 9.97 Å². The number of fused-ring (bicyclic) bond motifs is 3. The third kappa shape index (κ3) is 2.12. The number of nitrogens with one attached hydrogen (secondary N) is 2. The lowest BCUT2D eigenvalue weighted by molar-refractivity contribution is -0.115. The van der Waals surface area contributed by atoms with E-state index < -0.39 is 0 Å². The molecule has 1 aromatic heterocycles. The van der Waals surface area contributed by atoms with Gasteiger partial charge < -0.3 is 20.4 Å². The van der Waals surface area contributed by atoms with Crippen LogP contribution in [0.1, 0.15) is 19.8 Å². The Labute approximate surface area is 123 Å². The summed E-state index contributed by atoms with van der Waals surface area (Å²) in [6.45, 7) is 5.17. The highest BCUT2D eigenvalue weighted by Crippen LogP contribution is 2.37. The topological polar surface area (TPSA) is 73.4 Å². The molecule has 1 amide bonds. The van der Waals surface area contributed by atoms with Crippen LogP contribution in [0.2, 0.25) is 0 Å². The fourth-order valence-electron chi connectivity index (χ4n) is 3.65. The van der Waals surface area contributed by atoms with E-state index in [1.54, 1.807) is 6.33 Å². The van der Waals surface area contributed by atoms with Gasteiger partial charge in [0, 0.05) is 31.7 Å². The first-order valence-electron chi connectivity index (χ1n) is 7.65. The van der Waals surface area contributed by atoms with Crippen molar-refractivity contribution in [2.45, 2.75) is 31.8 Å². The Morgan fingerprint density at radius 3 is 2.76 bits per heavy atom. The highest BCUT2D eigenvalue weighted by atomic mass is 16.2. The smallest absolute Gasteiger partial charge is 0.245 e. The minimum atomic E-state index is -0.00520. The van der Waals surface area contributed by atoms with Crippen LogP contribution in [-0.2, 0) is 4.79 Å². The number of hydrogen-bond donors (Lipinski definition) is 2. The molecule has 2 N–H and O–H groups in total. The summed E-state index contributed by atoms with van der Waals surface area (Å²) in [5.41, 5.74) is 0.973. The summed E-state index contributed by atoms with van der Waals surface area (Å²) < 4.78 is 0. The van der Waals surface area contributed by atoms with Crippen LogP contribution in [-0.4, -0.2) is 54.1 Å². The summed E-state index contributed by atoms with van der Waals surface area (Å²) in [6, 6.07) is 1.12. The molecule has 112 valence electrons. The summed E-state index contributed by atoms with van der Waals surface area (Å²) in [6.07, 6.45) is 4.03. The molecule has 2 saturated heterocycles. The Bertz CT molecular complexity index is 565. The van der Waals surface area contributed by atoms with Gasteiger partial charge in [0.15, 0.2) is 11.6 Å². The first-order chi connectivity index (χ1) is 10.2. The average molecular weight is 288 g/mol. The number of carbonyl (C=O) groups is 1. The Kier molecular flexibility index (Phi) is 2.95. The maximum absolute atomic E-state index is 11.8. The summed E-state index contributed by atoms with van der Waals surface area (Å²) in [4.78, 5) is 24.9. The molecule has 0 radical (unpaired) electrons. The van der Waals surface area contributed by atoms with E-state index >= 15 is 0 Å².